The number of rotatable bonds is 11. The molecule has 7 N–H and O–H groups in total. The number of aliphatic hydroxyl groups excluding tert-OH is 1. The van der Waals surface area contributed by atoms with Gasteiger partial charge in [-0.15, -0.1) is 0 Å². The highest BCUT2D eigenvalue weighted by atomic mass is 16.3. The minimum atomic E-state index is -0.889. The summed E-state index contributed by atoms with van der Waals surface area (Å²) in [5.74, 6) is -1.44. The van der Waals surface area contributed by atoms with E-state index in [-0.39, 0.29) is 31.4 Å². The molecule has 10 nitrogen and oxygen atoms in total. The van der Waals surface area contributed by atoms with E-state index in [2.05, 4.69) is 21.3 Å². The lowest BCUT2D eigenvalue weighted by atomic mass is 10.0. The SMILES string of the molecule is CC(=O)NC(C(=O)NC(CCCNC(N)=O)C(=O)Nc1ccc(CO)cc1)C(C)C. The van der Waals surface area contributed by atoms with Crippen molar-refractivity contribution in [2.75, 3.05) is 11.9 Å². The first-order valence-electron chi connectivity index (χ1n) is 9.75. The Balaban J connectivity index is 2.87. The summed E-state index contributed by atoms with van der Waals surface area (Å²) < 4.78 is 0. The standard InChI is InChI=1S/C20H31N5O5/c1-12(2)17(23-13(3)27)19(29)25-16(5-4-10-22-20(21)30)18(28)24-15-8-6-14(11-26)7-9-15/h6-9,12,16-17,26H,4-5,10-11H2,1-3H3,(H,23,27)(H,24,28)(H,25,29)(H3,21,22,30). The van der Waals surface area contributed by atoms with Gasteiger partial charge in [0.1, 0.15) is 12.1 Å². The molecular formula is C20H31N5O5. The molecule has 0 spiro atoms. The summed E-state index contributed by atoms with van der Waals surface area (Å²) in [6.07, 6.45) is 0.648. The maximum atomic E-state index is 12.8. The number of carbonyl (C=O) groups excluding carboxylic acids is 4. The number of hydrogen-bond acceptors (Lipinski definition) is 5. The molecule has 0 bridgehead atoms. The van der Waals surface area contributed by atoms with Crippen LogP contribution < -0.4 is 27.0 Å². The maximum Gasteiger partial charge on any atom is 0.312 e. The zero-order valence-corrected chi connectivity index (χ0v) is 17.5. The monoisotopic (exact) mass is 421 g/mol. The van der Waals surface area contributed by atoms with Gasteiger partial charge in [-0.1, -0.05) is 26.0 Å². The summed E-state index contributed by atoms with van der Waals surface area (Å²) in [5, 5.41) is 19.5. The number of nitrogens with two attached hydrogens (primary N) is 1. The molecule has 0 saturated carbocycles. The topological polar surface area (TPSA) is 163 Å². The highest BCUT2D eigenvalue weighted by Crippen LogP contribution is 2.11. The normalized spacial score (nSPS) is 12.6. The Morgan fingerprint density at radius 2 is 1.67 bits per heavy atom. The summed E-state index contributed by atoms with van der Waals surface area (Å²) in [7, 11) is 0. The van der Waals surface area contributed by atoms with E-state index >= 15 is 0 Å². The molecule has 0 saturated heterocycles. The van der Waals surface area contributed by atoms with E-state index in [1.807, 2.05) is 0 Å². The van der Waals surface area contributed by atoms with Crippen molar-refractivity contribution in [3.8, 4) is 0 Å². The van der Waals surface area contributed by atoms with Crippen LogP contribution in [0.5, 0.6) is 0 Å². The molecule has 1 rings (SSSR count). The van der Waals surface area contributed by atoms with Crippen LogP contribution in [-0.4, -0.2) is 47.5 Å². The molecule has 0 aliphatic carbocycles. The highest BCUT2D eigenvalue weighted by Gasteiger charge is 2.28. The van der Waals surface area contributed by atoms with Gasteiger partial charge in [-0.05, 0) is 36.5 Å². The van der Waals surface area contributed by atoms with Crippen molar-refractivity contribution in [1.82, 2.24) is 16.0 Å². The van der Waals surface area contributed by atoms with Crippen LogP contribution in [0.3, 0.4) is 0 Å². The minimum absolute atomic E-state index is 0.112. The van der Waals surface area contributed by atoms with E-state index in [1.54, 1.807) is 38.1 Å². The van der Waals surface area contributed by atoms with Gasteiger partial charge in [-0.25, -0.2) is 4.79 Å². The van der Waals surface area contributed by atoms with Crippen LogP contribution in [0.2, 0.25) is 0 Å². The zero-order valence-electron chi connectivity index (χ0n) is 17.5. The van der Waals surface area contributed by atoms with Gasteiger partial charge >= 0.3 is 6.03 Å². The molecule has 0 aromatic heterocycles. The number of urea groups is 1. The van der Waals surface area contributed by atoms with E-state index in [9.17, 15) is 19.2 Å². The lowest BCUT2D eigenvalue weighted by molar-refractivity contribution is -0.131. The van der Waals surface area contributed by atoms with Gasteiger partial charge in [0.25, 0.3) is 0 Å². The molecule has 30 heavy (non-hydrogen) atoms. The van der Waals surface area contributed by atoms with Crippen LogP contribution in [0.15, 0.2) is 24.3 Å². The second-order valence-electron chi connectivity index (χ2n) is 7.26. The van der Waals surface area contributed by atoms with E-state index in [1.165, 1.54) is 6.92 Å². The summed E-state index contributed by atoms with van der Waals surface area (Å²) in [5.41, 5.74) is 6.25. The molecule has 0 fully saturated rings. The second-order valence-corrected chi connectivity index (χ2v) is 7.26. The fourth-order valence-corrected chi connectivity index (χ4v) is 2.72. The lowest BCUT2D eigenvalue weighted by Gasteiger charge is -2.25. The summed E-state index contributed by atoms with van der Waals surface area (Å²) in [4.78, 5) is 47.7. The van der Waals surface area contributed by atoms with Crippen LogP contribution in [0, 0.1) is 5.92 Å². The number of benzene rings is 1. The number of aliphatic hydroxyl groups is 1. The number of primary amides is 1. The van der Waals surface area contributed by atoms with Crippen LogP contribution >= 0.6 is 0 Å². The highest BCUT2D eigenvalue weighted by molar-refractivity contribution is 5.98. The third-order valence-corrected chi connectivity index (χ3v) is 4.31. The van der Waals surface area contributed by atoms with Gasteiger partial charge in [0.05, 0.1) is 6.61 Å². The lowest BCUT2D eigenvalue weighted by Crippen LogP contribution is -2.54. The summed E-state index contributed by atoms with van der Waals surface area (Å²) in [6.45, 7) is 5.03. The van der Waals surface area contributed by atoms with Gasteiger partial charge in [-0.2, -0.15) is 0 Å². The van der Waals surface area contributed by atoms with Gasteiger partial charge < -0.3 is 32.1 Å². The first-order valence-corrected chi connectivity index (χ1v) is 9.75. The summed E-state index contributed by atoms with van der Waals surface area (Å²) in [6, 6.07) is 4.28. The van der Waals surface area contributed by atoms with Crippen LogP contribution in [0.4, 0.5) is 10.5 Å². The fourth-order valence-electron chi connectivity index (χ4n) is 2.72. The number of hydrogen-bond donors (Lipinski definition) is 6. The van der Waals surface area contributed by atoms with Gasteiger partial charge in [0, 0.05) is 19.2 Å². The summed E-state index contributed by atoms with van der Waals surface area (Å²) >= 11 is 0. The largest absolute Gasteiger partial charge is 0.392 e. The molecule has 5 amide bonds. The molecule has 1 aromatic carbocycles. The average Bonchev–Trinajstić information content (AvgIpc) is 2.68. The number of anilines is 1. The van der Waals surface area contributed by atoms with Crippen molar-refractivity contribution in [2.45, 2.75) is 52.3 Å². The molecule has 2 unspecified atom stereocenters. The number of amides is 5. The maximum absolute atomic E-state index is 12.8. The van der Waals surface area contributed by atoms with Gasteiger partial charge in [0.15, 0.2) is 0 Å². The van der Waals surface area contributed by atoms with E-state index in [0.29, 0.717) is 17.7 Å². The molecule has 0 heterocycles. The van der Waals surface area contributed by atoms with Crippen molar-refractivity contribution >= 4 is 29.4 Å². The predicted octanol–water partition coefficient (Wildman–Crippen LogP) is 0.211. The predicted molar refractivity (Wildman–Crippen MR) is 112 cm³/mol. The Morgan fingerprint density at radius 3 is 2.17 bits per heavy atom. The molecular weight excluding hydrogens is 390 g/mol. The fraction of sp³-hybridized carbons (Fsp3) is 0.500. The minimum Gasteiger partial charge on any atom is -0.392 e. The molecule has 0 radical (unpaired) electrons. The van der Waals surface area contributed by atoms with Crippen molar-refractivity contribution < 1.29 is 24.3 Å². The molecule has 0 aliphatic heterocycles. The smallest absolute Gasteiger partial charge is 0.312 e. The molecule has 2 atom stereocenters. The van der Waals surface area contributed by atoms with Crippen LogP contribution in [0.25, 0.3) is 0 Å². The van der Waals surface area contributed by atoms with Crippen molar-refractivity contribution in [1.29, 1.82) is 0 Å². The second kappa shape index (κ2) is 12.4. The molecule has 1 aromatic rings. The van der Waals surface area contributed by atoms with Crippen molar-refractivity contribution in [2.24, 2.45) is 11.7 Å². The van der Waals surface area contributed by atoms with Gasteiger partial charge in [0.2, 0.25) is 17.7 Å². The van der Waals surface area contributed by atoms with E-state index in [0.717, 1.165) is 0 Å². The van der Waals surface area contributed by atoms with Crippen molar-refractivity contribution in [3.05, 3.63) is 29.8 Å². The third-order valence-electron chi connectivity index (χ3n) is 4.31. The first-order chi connectivity index (χ1) is 14.1. The Morgan fingerprint density at radius 1 is 1.03 bits per heavy atom. The molecule has 166 valence electrons. The average molecular weight is 421 g/mol. The molecule has 0 aliphatic rings. The Hall–Kier alpha value is -3.14. The van der Waals surface area contributed by atoms with Crippen LogP contribution in [-0.2, 0) is 21.0 Å². The quantitative estimate of drug-likeness (QED) is 0.281. The van der Waals surface area contributed by atoms with E-state index < -0.39 is 29.9 Å². The van der Waals surface area contributed by atoms with Gasteiger partial charge in [-0.3, -0.25) is 14.4 Å². The Labute approximate surface area is 176 Å². The molecule has 10 heteroatoms. The van der Waals surface area contributed by atoms with Crippen LogP contribution in [0.1, 0.15) is 39.2 Å². The Kier molecular flexibility index (Phi) is 10.3. The number of carbonyl (C=O) groups is 4. The number of nitrogens with one attached hydrogen (secondary N) is 4. The van der Waals surface area contributed by atoms with Crippen molar-refractivity contribution in [3.63, 3.8) is 0 Å². The first kappa shape index (κ1) is 24.9. The van der Waals surface area contributed by atoms with E-state index in [4.69, 9.17) is 10.8 Å². The third kappa shape index (κ3) is 8.91. The Bertz CT molecular complexity index is 736. The zero-order chi connectivity index (χ0) is 22.7.